The van der Waals surface area contributed by atoms with E-state index in [0.717, 1.165) is 23.2 Å². The zero-order chi connectivity index (χ0) is 20.1. The summed E-state index contributed by atoms with van der Waals surface area (Å²) in [5.41, 5.74) is 4.06. The van der Waals surface area contributed by atoms with Gasteiger partial charge in [0.1, 0.15) is 6.61 Å². The number of carbonyl (C=O) groups is 1. The third-order valence-corrected chi connectivity index (χ3v) is 5.49. The van der Waals surface area contributed by atoms with Gasteiger partial charge in [-0.2, -0.15) is 0 Å². The van der Waals surface area contributed by atoms with Crippen molar-refractivity contribution in [3.8, 4) is 0 Å². The predicted molar refractivity (Wildman–Crippen MR) is 114 cm³/mol. The summed E-state index contributed by atoms with van der Waals surface area (Å²) in [4.78, 5) is 16.0. The molecule has 1 heterocycles. The summed E-state index contributed by atoms with van der Waals surface area (Å²) in [5, 5.41) is 0.908. The van der Waals surface area contributed by atoms with Crippen molar-refractivity contribution in [1.82, 2.24) is 4.98 Å². The van der Waals surface area contributed by atoms with Gasteiger partial charge in [-0.3, -0.25) is 4.79 Å². The van der Waals surface area contributed by atoms with E-state index >= 15 is 0 Å². The molecule has 3 aromatic rings. The second-order valence-corrected chi connectivity index (χ2v) is 7.96. The van der Waals surface area contributed by atoms with Crippen molar-refractivity contribution in [2.24, 2.45) is 5.92 Å². The molecule has 0 radical (unpaired) electrons. The number of hydrogen-bond acceptors (Lipinski definition) is 2. The molecule has 1 N–H and O–H groups in total. The zero-order valence-electron chi connectivity index (χ0n) is 15.9. The number of nitrogens with one attached hydrogen (secondary N) is 1. The van der Waals surface area contributed by atoms with E-state index in [1.54, 1.807) is 12.1 Å². The fourth-order valence-electron chi connectivity index (χ4n) is 3.28. The van der Waals surface area contributed by atoms with E-state index in [4.69, 9.17) is 27.9 Å². The minimum absolute atomic E-state index is 0.0668. The quantitative estimate of drug-likeness (QED) is 0.453. The Morgan fingerprint density at radius 1 is 1.04 bits per heavy atom. The van der Waals surface area contributed by atoms with Gasteiger partial charge in [0.25, 0.3) is 0 Å². The van der Waals surface area contributed by atoms with E-state index in [9.17, 15) is 4.79 Å². The van der Waals surface area contributed by atoms with Crippen LogP contribution in [-0.2, 0) is 22.6 Å². The summed E-state index contributed by atoms with van der Waals surface area (Å²) < 4.78 is 5.67. The molecule has 1 atom stereocenters. The van der Waals surface area contributed by atoms with Gasteiger partial charge in [0.05, 0.1) is 21.7 Å². The maximum Gasteiger partial charge on any atom is 0.314 e. The number of benzene rings is 2. The molecule has 0 fully saturated rings. The fraction of sp³-hybridized carbons (Fsp3) is 0.261. The number of ether oxygens (including phenoxy) is 1. The molecule has 28 heavy (non-hydrogen) atoms. The first-order valence-electron chi connectivity index (χ1n) is 9.26. The van der Waals surface area contributed by atoms with E-state index < -0.39 is 5.92 Å². The molecule has 0 aliphatic heterocycles. The molecule has 3 rings (SSSR count). The monoisotopic (exact) mass is 415 g/mol. The Labute approximate surface area is 175 Å². The molecule has 2 aromatic carbocycles. The highest BCUT2D eigenvalue weighted by Crippen LogP contribution is 2.31. The Morgan fingerprint density at radius 2 is 1.79 bits per heavy atom. The highest BCUT2D eigenvalue weighted by molar-refractivity contribution is 6.42. The molecule has 0 bridgehead atoms. The Kier molecular flexibility index (Phi) is 6.82. The van der Waals surface area contributed by atoms with Gasteiger partial charge in [-0.25, -0.2) is 0 Å². The average molecular weight is 416 g/mol. The van der Waals surface area contributed by atoms with Crippen LogP contribution in [0.4, 0.5) is 0 Å². The Balaban J connectivity index is 1.70. The lowest BCUT2D eigenvalue weighted by molar-refractivity contribution is -0.148. The second kappa shape index (κ2) is 9.31. The topological polar surface area (TPSA) is 42.1 Å². The van der Waals surface area contributed by atoms with E-state index in [-0.39, 0.29) is 18.5 Å². The minimum Gasteiger partial charge on any atom is -0.459 e. The van der Waals surface area contributed by atoms with Crippen LogP contribution in [0.1, 0.15) is 42.1 Å². The lowest BCUT2D eigenvalue weighted by Crippen LogP contribution is -2.21. The van der Waals surface area contributed by atoms with E-state index in [1.165, 1.54) is 5.56 Å². The Bertz CT molecular complexity index is 935. The van der Waals surface area contributed by atoms with Crippen molar-refractivity contribution < 1.29 is 9.53 Å². The SMILES string of the molecule is CC(C)C(C(=O)OCc1[nH]ccc1Cc1ccccc1)c1ccc(Cl)c(Cl)c1. The lowest BCUT2D eigenvalue weighted by Gasteiger charge is -2.20. The van der Waals surface area contributed by atoms with Gasteiger partial charge in [-0.15, -0.1) is 0 Å². The van der Waals surface area contributed by atoms with Crippen molar-refractivity contribution in [2.45, 2.75) is 32.8 Å². The van der Waals surface area contributed by atoms with Gasteiger partial charge >= 0.3 is 5.97 Å². The number of aromatic amines is 1. The molecule has 3 nitrogen and oxygen atoms in total. The molecule has 0 aliphatic carbocycles. The number of hydrogen-bond donors (Lipinski definition) is 1. The summed E-state index contributed by atoms with van der Waals surface area (Å²) in [6, 6.07) is 17.5. The molecule has 0 aliphatic rings. The van der Waals surface area contributed by atoms with Crippen LogP contribution in [0.25, 0.3) is 0 Å². The number of halogens is 2. The fourth-order valence-corrected chi connectivity index (χ4v) is 3.59. The van der Waals surface area contributed by atoms with Crippen molar-refractivity contribution >= 4 is 29.2 Å². The predicted octanol–water partition coefficient (Wildman–Crippen LogP) is 6.40. The van der Waals surface area contributed by atoms with E-state index in [1.807, 2.05) is 50.4 Å². The Morgan fingerprint density at radius 3 is 2.46 bits per heavy atom. The molecule has 0 spiro atoms. The van der Waals surface area contributed by atoms with Gasteiger partial charge in [0.15, 0.2) is 0 Å². The van der Waals surface area contributed by atoms with Crippen LogP contribution in [0.2, 0.25) is 10.0 Å². The lowest BCUT2D eigenvalue weighted by atomic mass is 9.88. The molecule has 146 valence electrons. The summed E-state index contributed by atoms with van der Waals surface area (Å²) in [7, 11) is 0. The van der Waals surface area contributed by atoms with E-state index in [2.05, 4.69) is 17.1 Å². The van der Waals surface area contributed by atoms with Gasteiger partial charge in [0.2, 0.25) is 0 Å². The first-order chi connectivity index (χ1) is 13.5. The molecular formula is C23H23Cl2NO2. The van der Waals surface area contributed by atoms with Crippen molar-refractivity contribution in [3.05, 3.63) is 93.2 Å². The van der Waals surface area contributed by atoms with Crippen molar-refractivity contribution in [2.75, 3.05) is 0 Å². The molecule has 5 heteroatoms. The molecule has 0 amide bonds. The van der Waals surface area contributed by atoms with Crippen LogP contribution < -0.4 is 0 Å². The largest absolute Gasteiger partial charge is 0.459 e. The molecule has 0 saturated carbocycles. The number of esters is 1. The number of aromatic nitrogens is 1. The van der Waals surface area contributed by atoms with Crippen molar-refractivity contribution in [1.29, 1.82) is 0 Å². The highest BCUT2D eigenvalue weighted by atomic mass is 35.5. The number of rotatable bonds is 7. The number of H-pyrrole nitrogens is 1. The summed E-state index contributed by atoms with van der Waals surface area (Å²) >= 11 is 12.1. The first-order valence-corrected chi connectivity index (χ1v) is 10.0. The number of carbonyl (C=O) groups excluding carboxylic acids is 1. The second-order valence-electron chi connectivity index (χ2n) is 7.15. The maximum absolute atomic E-state index is 12.8. The third kappa shape index (κ3) is 4.98. The minimum atomic E-state index is -0.401. The van der Waals surface area contributed by atoms with Gasteiger partial charge in [-0.1, -0.05) is 73.4 Å². The molecule has 1 aromatic heterocycles. The Hall–Kier alpha value is -2.23. The van der Waals surface area contributed by atoms with Crippen LogP contribution in [-0.4, -0.2) is 11.0 Å². The molecular weight excluding hydrogens is 393 g/mol. The van der Waals surface area contributed by atoms with Crippen LogP contribution in [0.15, 0.2) is 60.8 Å². The van der Waals surface area contributed by atoms with Gasteiger partial charge in [-0.05, 0) is 47.2 Å². The van der Waals surface area contributed by atoms with Crippen molar-refractivity contribution in [3.63, 3.8) is 0 Å². The van der Waals surface area contributed by atoms with Crippen LogP contribution >= 0.6 is 23.2 Å². The summed E-state index contributed by atoms with van der Waals surface area (Å²) in [6.07, 6.45) is 2.66. The summed E-state index contributed by atoms with van der Waals surface area (Å²) in [6.45, 7) is 4.19. The highest BCUT2D eigenvalue weighted by Gasteiger charge is 2.26. The maximum atomic E-state index is 12.8. The molecule has 1 unspecified atom stereocenters. The van der Waals surface area contributed by atoms with Gasteiger partial charge < -0.3 is 9.72 Å². The zero-order valence-corrected chi connectivity index (χ0v) is 17.4. The standard InChI is InChI=1S/C23H23Cl2NO2/c1-15(2)22(18-8-9-19(24)20(25)13-18)23(27)28-14-21-17(10-11-26-21)12-16-6-4-3-5-7-16/h3-11,13,15,22,26H,12,14H2,1-2H3. The molecule has 0 saturated heterocycles. The summed E-state index contributed by atoms with van der Waals surface area (Å²) in [5.74, 6) is -0.604. The third-order valence-electron chi connectivity index (χ3n) is 4.75. The normalized spacial score (nSPS) is 12.2. The van der Waals surface area contributed by atoms with E-state index in [0.29, 0.717) is 10.0 Å². The van der Waals surface area contributed by atoms with Crippen LogP contribution in [0.5, 0.6) is 0 Å². The van der Waals surface area contributed by atoms with Gasteiger partial charge in [0, 0.05) is 6.20 Å². The van der Waals surface area contributed by atoms with Crippen LogP contribution in [0, 0.1) is 5.92 Å². The smallest absolute Gasteiger partial charge is 0.314 e. The average Bonchev–Trinajstić information content (AvgIpc) is 3.10. The van der Waals surface area contributed by atoms with Crippen LogP contribution in [0.3, 0.4) is 0 Å². The first kappa shape index (κ1) is 20.5.